The van der Waals surface area contributed by atoms with Crippen molar-refractivity contribution >= 4 is 6.08 Å². The lowest BCUT2D eigenvalue weighted by atomic mass is 9.70. The summed E-state index contributed by atoms with van der Waals surface area (Å²) in [5.41, 5.74) is 6.47. The number of rotatable bonds is 12. The van der Waals surface area contributed by atoms with Crippen molar-refractivity contribution < 1.29 is 0 Å². The van der Waals surface area contributed by atoms with Gasteiger partial charge in [0.15, 0.2) is 0 Å². The quantitative estimate of drug-likeness (QED) is 0.243. The van der Waals surface area contributed by atoms with Gasteiger partial charge in [0.1, 0.15) is 0 Å². The molecular weight excluding hydrogens is 314 g/mol. The largest absolute Gasteiger partial charge is 0.320 e. The van der Waals surface area contributed by atoms with Crippen molar-refractivity contribution in [1.82, 2.24) is 5.32 Å². The van der Waals surface area contributed by atoms with Gasteiger partial charge in [0.05, 0.1) is 0 Å². The highest BCUT2D eigenvalue weighted by Gasteiger charge is 2.30. The van der Waals surface area contributed by atoms with Gasteiger partial charge < -0.3 is 5.32 Å². The van der Waals surface area contributed by atoms with E-state index in [9.17, 15) is 0 Å². The van der Waals surface area contributed by atoms with E-state index in [-0.39, 0.29) is 5.41 Å². The van der Waals surface area contributed by atoms with Gasteiger partial charge in [0.2, 0.25) is 0 Å². The molecule has 0 bridgehead atoms. The summed E-state index contributed by atoms with van der Waals surface area (Å²) in [6.07, 6.45) is 11.6. The molecule has 1 heteroatoms. The normalized spacial score (nSPS) is 13.7. The van der Waals surface area contributed by atoms with E-state index < -0.39 is 0 Å². The average molecular weight is 354 g/mol. The van der Waals surface area contributed by atoms with Crippen LogP contribution in [0.15, 0.2) is 48.6 Å². The van der Waals surface area contributed by atoms with Crippen molar-refractivity contribution in [2.45, 2.75) is 71.6 Å². The lowest BCUT2D eigenvalue weighted by Gasteiger charge is -2.34. The van der Waals surface area contributed by atoms with Crippen LogP contribution in [-0.4, -0.2) is 13.6 Å². The van der Waals surface area contributed by atoms with Gasteiger partial charge in [-0.05, 0) is 63.4 Å². The van der Waals surface area contributed by atoms with E-state index in [2.05, 4.69) is 69.6 Å². The van der Waals surface area contributed by atoms with Gasteiger partial charge in [-0.15, -0.1) is 0 Å². The molecule has 26 heavy (non-hydrogen) atoms. The van der Waals surface area contributed by atoms with E-state index in [4.69, 9.17) is 0 Å². The van der Waals surface area contributed by atoms with Crippen LogP contribution in [-0.2, 0) is 5.41 Å². The highest BCUT2D eigenvalue weighted by Crippen LogP contribution is 2.39. The first-order valence-corrected chi connectivity index (χ1v) is 10.1. The fourth-order valence-corrected chi connectivity index (χ4v) is 3.57. The summed E-state index contributed by atoms with van der Waals surface area (Å²) in [5, 5.41) is 3.33. The van der Waals surface area contributed by atoms with Gasteiger partial charge in [0.25, 0.3) is 0 Å². The summed E-state index contributed by atoms with van der Waals surface area (Å²) in [6.45, 7) is 18.4. The topological polar surface area (TPSA) is 12.0 Å². The minimum atomic E-state index is 0.0237. The van der Waals surface area contributed by atoms with Crippen molar-refractivity contribution in [3.8, 4) is 0 Å². The molecule has 1 N–H and O–H groups in total. The summed E-state index contributed by atoms with van der Waals surface area (Å²) in [4.78, 5) is 0. The minimum absolute atomic E-state index is 0.0237. The summed E-state index contributed by atoms with van der Waals surface area (Å²) >= 11 is 0. The number of nitrogens with one attached hydrogen (secondary N) is 1. The molecule has 1 atom stereocenters. The van der Waals surface area contributed by atoms with Crippen LogP contribution in [0.3, 0.4) is 0 Å². The van der Waals surface area contributed by atoms with Gasteiger partial charge in [0, 0.05) is 5.41 Å². The molecule has 0 saturated heterocycles. The molecule has 0 radical (unpaired) electrons. The van der Waals surface area contributed by atoms with Crippen LogP contribution in [0, 0.1) is 6.92 Å². The van der Waals surface area contributed by atoms with E-state index in [1.807, 2.05) is 14.0 Å². The van der Waals surface area contributed by atoms with Crippen molar-refractivity contribution in [1.29, 1.82) is 0 Å². The molecule has 0 aliphatic heterocycles. The molecule has 1 aromatic carbocycles. The number of aryl methyl sites for hydroxylation is 1. The van der Waals surface area contributed by atoms with Crippen LogP contribution >= 0.6 is 0 Å². The lowest BCUT2D eigenvalue weighted by molar-refractivity contribution is 0.470. The molecule has 1 rings (SSSR count). The van der Waals surface area contributed by atoms with Crippen LogP contribution in [0.25, 0.3) is 6.08 Å². The Labute approximate surface area is 162 Å². The maximum atomic E-state index is 4.52. The third-order valence-corrected chi connectivity index (χ3v) is 5.39. The summed E-state index contributed by atoms with van der Waals surface area (Å²) < 4.78 is 0. The van der Waals surface area contributed by atoms with Crippen molar-refractivity contribution in [3.05, 3.63) is 65.3 Å². The Morgan fingerprint density at radius 2 is 1.92 bits per heavy atom. The van der Waals surface area contributed by atoms with E-state index in [1.165, 1.54) is 47.9 Å². The minimum Gasteiger partial charge on any atom is -0.320 e. The Morgan fingerprint density at radius 1 is 1.19 bits per heavy atom. The number of hydrogen-bond acceptors (Lipinski definition) is 1. The summed E-state index contributed by atoms with van der Waals surface area (Å²) in [5.74, 6) is 0. The number of allylic oxidation sites excluding steroid dienone is 3. The molecule has 0 fully saturated rings. The lowest BCUT2D eigenvalue weighted by Crippen LogP contribution is -2.30. The maximum Gasteiger partial charge on any atom is 0.0145 e. The molecule has 0 amide bonds. The fourth-order valence-electron chi connectivity index (χ4n) is 3.57. The average Bonchev–Trinajstić information content (AvgIpc) is 2.61. The van der Waals surface area contributed by atoms with Gasteiger partial charge in [-0.3, -0.25) is 0 Å². The zero-order valence-corrected chi connectivity index (χ0v) is 17.8. The Balaban J connectivity index is 3.06. The summed E-state index contributed by atoms with van der Waals surface area (Å²) in [7, 11) is 2.03. The second-order valence-electron chi connectivity index (χ2n) is 7.85. The molecule has 0 saturated carbocycles. The number of unbranched alkanes of at least 4 members (excludes halogenated alkanes) is 3. The third-order valence-electron chi connectivity index (χ3n) is 5.39. The molecule has 0 spiro atoms. The zero-order chi connectivity index (χ0) is 19.6. The molecular formula is C25H39N. The molecule has 1 aromatic rings. The van der Waals surface area contributed by atoms with Crippen molar-refractivity contribution in [3.63, 3.8) is 0 Å². The first kappa shape index (κ1) is 22.4. The highest BCUT2D eigenvalue weighted by molar-refractivity contribution is 5.55. The smallest absolute Gasteiger partial charge is 0.0145 e. The van der Waals surface area contributed by atoms with E-state index in [0.29, 0.717) is 0 Å². The van der Waals surface area contributed by atoms with Crippen molar-refractivity contribution in [2.24, 2.45) is 0 Å². The molecule has 0 heterocycles. The highest BCUT2D eigenvalue weighted by atomic mass is 14.8. The van der Waals surface area contributed by atoms with Gasteiger partial charge in [-0.25, -0.2) is 0 Å². The van der Waals surface area contributed by atoms with Crippen LogP contribution in [0.4, 0.5) is 0 Å². The van der Waals surface area contributed by atoms with Crippen LogP contribution < -0.4 is 5.32 Å². The predicted octanol–water partition coefficient (Wildman–Crippen LogP) is 6.98. The molecule has 0 aliphatic rings. The first-order valence-electron chi connectivity index (χ1n) is 10.1. The van der Waals surface area contributed by atoms with Crippen LogP contribution in [0.5, 0.6) is 0 Å². The Kier molecular flexibility index (Phi) is 9.65. The monoisotopic (exact) mass is 353 g/mol. The molecule has 0 aliphatic carbocycles. The summed E-state index contributed by atoms with van der Waals surface area (Å²) in [6, 6.07) is 6.82. The van der Waals surface area contributed by atoms with Crippen LogP contribution in [0.2, 0.25) is 0 Å². The SMILES string of the molecule is C=C(C)/C=C/c1ccc(C(C)(CCNC)C(=C)CCCCCC)c(C)c1. The van der Waals surface area contributed by atoms with Gasteiger partial charge in [-0.1, -0.05) is 87.8 Å². The van der Waals surface area contributed by atoms with E-state index in [1.54, 1.807) is 0 Å². The number of hydrogen-bond donors (Lipinski definition) is 1. The van der Waals surface area contributed by atoms with Crippen LogP contribution in [0.1, 0.15) is 76.0 Å². The maximum absolute atomic E-state index is 4.52. The number of benzene rings is 1. The molecule has 1 unspecified atom stereocenters. The van der Waals surface area contributed by atoms with Gasteiger partial charge >= 0.3 is 0 Å². The third kappa shape index (κ3) is 6.61. The Bertz CT molecular complexity index is 623. The molecule has 1 nitrogen and oxygen atoms in total. The fraction of sp³-hybridized carbons (Fsp3) is 0.520. The molecule has 144 valence electrons. The first-order chi connectivity index (χ1) is 12.3. The molecule has 0 aromatic heterocycles. The Hall–Kier alpha value is -1.60. The van der Waals surface area contributed by atoms with E-state index in [0.717, 1.165) is 25.0 Å². The zero-order valence-electron chi connectivity index (χ0n) is 17.8. The standard InChI is InChI=1S/C25H39N/c1-8-9-10-11-12-22(5)25(6,17-18-26-7)24-16-15-23(19-21(24)4)14-13-20(2)3/h13-16,19,26H,2,5,8-12,17-18H2,1,3-4,6-7H3/b14-13+. The Morgan fingerprint density at radius 3 is 2.50 bits per heavy atom. The predicted molar refractivity (Wildman–Crippen MR) is 119 cm³/mol. The van der Waals surface area contributed by atoms with Crippen molar-refractivity contribution in [2.75, 3.05) is 13.6 Å². The van der Waals surface area contributed by atoms with E-state index >= 15 is 0 Å². The van der Waals surface area contributed by atoms with Gasteiger partial charge in [-0.2, -0.15) is 0 Å². The second-order valence-corrected chi connectivity index (χ2v) is 7.85. The second kappa shape index (κ2) is 11.2.